The quantitative estimate of drug-likeness (QED) is 0.433. The van der Waals surface area contributed by atoms with Gasteiger partial charge < -0.3 is 15.1 Å². The van der Waals surface area contributed by atoms with E-state index in [9.17, 15) is 4.39 Å². The molecule has 0 atom stereocenters. The summed E-state index contributed by atoms with van der Waals surface area (Å²) < 4.78 is 12.9. The summed E-state index contributed by atoms with van der Waals surface area (Å²) in [6.07, 6.45) is 0. The standard InChI is InChI=1S/C17H21FN4S.HI/c1-19-17(20-13-14-4-6-15(18)7-5-14)22-10-8-21(9-11-22)16-3-2-12-23-16;/h2-7,12H,8-11,13H2,1H3,(H,19,20);1H. The molecule has 1 N–H and O–H groups in total. The number of nitrogens with zero attached hydrogens (tertiary/aromatic N) is 3. The van der Waals surface area contributed by atoms with Gasteiger partial charge >= 0.3 is 0 Å². The average molecular weight is 460 g/mol. The van der Waals surface area contributed by atoms with E-state index < -0.39 is 0 Å². The molecule has 2 aromatic rings. The predicted octanol–water partition coefficient (Wildman–Crippen LogP) is 3.40. The molecule has 0 amide bonds. The minimum atomic E-state index is -0.206. The van der Waals surface area contributed by atoms with Crippen LogP contribution in [0.4, 0.5) is 9.39 Å². The summed E-state index contributed by atoms with van der Waals surface area (Å²) in [4.78, 5) is 9.06. The summed E-state index contributed by atoms with van der Waals surface area (Å²) in [6.45, 7) is 4.54. The molecule has 0 bridgehead atoms. The number of piperazine rings is 1. The molecule has 24 heavy (non-hydrogen) atoms. The van der Waals surface area contributed by atoms with Crippen LogP contribution in [0.3, 0.4) is 0 Å². The van der Waals surface area contributed by atoms with Gasteiger partial charge in [-0.25, -0.2) is 4.39 Å². The number of hydrogen-bond donors (Lipinski definition) is 1. The molecule has 1 aliphatic rings. The van der Waals surface area contributed by atoms with Crippen molar-refractivity contribution in [2.75, 3.05) is 38.1 Å². The molecule has 0 aliphatic carbocycles. The second kappa shape index (κ2) is 9.22. The zero-order valence-corrected chi connectivity index (χ0v) is 16.8. The minimum absolute atomic E-state index is 0. The van der Waals surface area contributed by atoms with Crippen molar-refractivity contribution in [3.05, 3.63) is 53.2 Å². The van der Waals surface area contributed by atoms with Crippen molar-refractivity contribution in [1.29, 1.82) is 0 Å². The molecule has 3 rings (SSSR count). The van der Waals surface area contributed by atoms with E-state index in [1.807, 2.05) is 0 Å². The molecule has 0 spiro atoms. The number of hydrogen-bond acceptors (Lipinski definition) is 3. The largest absolute Gasteiger partial charge is 0.360 e. The second-order valence-corrected chi connectivity index (χ2v) is 6.38. The van der Waals surface area contributed by atoms with Crippen LogP contribution in [0.5, 0.6) is 0 Å². The fraction of sp³-hybridized carbons (Fsp3) is 0.353. The van der Waals surface area contributed by atoms with E-state index in [0.29, 0.717) is 6.54 Å². The topological polar surface area (TPSA) is 30.9 Å². The lowest BCUT2D eigenvalue weighted by Crippen LogP contribution is -2.52. The smallest absolute Gasteiger partial charge is 0.194 e. The molecular formula is C17H22FIN4S. The molecule has 0 unspecified atom stereocenters. The minimum Gasteiger partial charge on any atom is -0.360 e. The number of anilines is 1. The lowest BCUT2D eigenvalue weighted by Gasteiger charge is -2.37. The summed E-state index contributed by atoms with van der Waals surface area (Å²) >= 11 is 1.78. The van der Waals surface area contributed by atoms with Crippen LogP contribution in [-0.2, 0) is 6.54 Å². The average Bonchev–Trinajstić information content (AvgIpc) is 3.12. The maximum atomic E-state index is 12.9. The fourth-order valence-corrected chi connectivity index (χ4v) is 3.49. The lowest BCUT2D eigenvalue weighted by atomic mass is 10.2. The predicted molar refractivity (Wildman–Crippen MR) is 110 cm³/mol. The normalized spacial score (nSPS) is 15.2. The van der Waals surface area contributed by atoms with Crippen molar-refractivity contribution < 1.29 is 4.39 Å². The van der Waals surface area contributed by atoms with Gasteiger partial charge in [-0.1, -0.05) is 12.1 Å². The fourth-order valence-electron chi connectivity index (χ4n) is 2.70. The first kappa shape index (κ1) is 19.0. The van der Waals surface area contributed by atoms with E-state index in [2.05, 4.69) is 37.6 Å². The van der Waals surface area contributed by atoms with Gasteiger partial charge in [-0.2, -0.15) is 0 Å². The first-order valence-electron chi connectivity index (χ1n) is 7.75. The highest BCUT2D eigenvalue weighted by molar-refractivity contribution is 14.0. The third-order valence-corrected chi connectivity index (χ3v) is 4.90. The molecule has 1 fully saturated rings. The second-order valence-electron chi connectivity index (χ2n) is 5.45. The number of guanidine groups is 1. The van der Waals surface area contributed by atoms with Gasteiger partial charge in [0.1, 0.15) is 5.82 Å². The highest BCUT2D eigenvalue weighted by atomic mass is 127. The number of rotatable bonds is 3. The van der Waals surface area contributed by atoms with Crippen molar-refractivity contribution in [1.82, 2.24) is 10.2 Å². The lowest BCUT2D eigenvalue weighted by molar-refractivity contribution is 0.373. The number of halogens is 2. The zero-order valence-electron chi connectivity index (χ0n) is 13.6. The van der Waals surface area contributed by atoms with E-state index in [4.69, 9.17) is 0 Å². The van der Waals surface area contributed by atoms with Gasteiger partial charge in [0, 0.05) is 39.8 Å². The molecule has 4 nitrogen and oxygen atoms in total. The molecule has 1 aliphatic heterocycles. The first-order chi connectivity index (χ1) is 11.3. The van der Waals surface area contributed by atoms with Gasteiger partial charge in [-0.15, -0.1) is 35.3 Å². The Balaban J connectivity index is 0.00000208. The number of thiophene rings is 1. The van der Waals surface area contributed by atoms with Crippen LogP contribution in [0.1, 0.15) is 5.56 Å². The van der Waals surface area contributed by atoms with Gasteiger partial charge in [0.2, 0.25) is 0 Å². The van der Waals surface area contributed by atoms with Crippen LogP contribution in [0.25, 0.3) is 0 Å². The molecule has 1 aromatic carbocycles. The van der Waals surface area contributed by atoms with Crippen LogP contribution in [-0.4, -0.2) is 44.1 Å². The molecule has 1 saturated heterocycles. The van der Waals surface area contributed by atoms with E-state index in [0.717, 1.165) is 37.7 Å². The van der Waals surface area contributed by atoms with Crippen LogP contribution in [0.2, 0.25) is 0 Å². The Hall–Kier alpha value is -1.35. The Morgan fingerprint density at radius 1 is 1.17 bits per heavy atom. The van der Waals surface area contributed by atoms with E-state index >= 15 is 0 Å². The third kappa shape index (κ3) is 4.83. The summed E-state index contributed by atoms with van der Waals surface area (Å²) in [5, 5.41) is 6.81. The molecule has 0 radical (unpaired) electrons. The van der Waals surface area contributed by atoms with Crippen LogP contribution in [0, 0.1) is 5.82 Å². The summed E-state index contributed by atoms with van der Waals surface area (Å²) in [5.74, 6) is 0.697. The molecule has 2 heterocycles. The van der Waals surface area contributed by atoms with Crippen LogP contribution >= 0.6 is 35.3 Å². The Bertz CT molecular complexity index is 637. The van der Waals surface area contributed by atoms with Crippen LogP contribution < -0.4 is 10.2 Å². The van der Waals surface area contributed by atoms with Gasteiger partial charge in [0.05, 0.1) is 5.00 Å². The molecule has 0 saturated carbocycles. The van der Waals surface area contributed by atoms with Crippen molar-refractivity contribution in [3.8, 4) is 0 Å². The highest BCUT2D eigenvalue weighted by Crippen LogP contribution is 2.22. The molecule has 1 aromatic heterocycles. The number of aliphatic imine (C=N–C) groups is 1. The van der Waals surface area contributed by atoms with Crippen molar-refractivity contribution in [2.24, 2.45) is 4.99 Å². The number of nitrogens with one attached hydrogen (secondary N) is 1. The van der Waals surface area contributed by atoms with Crippen molar-refractivity contribution in [2.45, 2.75) is 6.54 Å². The maximum absolute atomic E-state index is 12.9. The zero-order chi connectivity index (χ0) is 16.1. The summed E-state index contributed by atoms with van der Waals surface area (Å²) in [6, 6.07) is 10.8. The monoisotopic (exact) mass is 460 g/mol. The maximum Gasteiger partial charge on any atom is 0.194 e. The summed E-state index contributed by atoms with van der Waals surface area (Å²) in [5.41, 5.74) is 1.05. The third-order valence-electron chi connectivity index (χ3n) is 3.97. The van der Waals surface area contributed by atoms with Gasteiger partial charge in [0.15, 0.2) is 5.96 Å². The highest BCUT2D eigenvalue weighted by Gasteiger charge is 2.20. The van der Waals surface area contributed by atoms with Crippen molar-refractivity contribution in [3.63, 3.8) is 0 Å². The Kier molecular flexibility index (Phi) is 7.29. The first-order valence-corrected chi connectivity index (χ1v) is 8.63. The van der Waals surface area contributed by atoms with Gasteiger partial charge in [-0.3, -0.25) is 4.99 Å². The van der Waals surface area contributed by atoms with Gasteiger partial charge in [0.25, 0.3) is 0 Å². The Labute approximate surface area is 163 Å². The van der Waals surface area contributed by atoms with Crippen molar-refractivity contribution >= 4 is 46.3 Å². The summed E-state index contributed by atoms with van der Waals surface area (Å²) in [7, 11) is 1.80. The Morgan fingerprint density at radius 2 is 1.88 bits per heavy atom. The number of benzene rings is 1. The van der Waals surface area contributed by atoms with E-state index in [1.54, 1.807) is 30.5 Å². The van der Waals surface area contributed by atoms with Crippen LogP contribution in [0.15, 0.2) is 46.8 Å². The van der Waals surface area contributed by atoms with E-state index in [1.165, 1.54) is 17.1 Å². The van der Waals surface area contributed by atoms with Gasteiger partial charge in [-0.05, 0) is 35.2 Å². The Morgan fingerprint density at radius 3 is 2.46 bits per heavy atom. The molecule has 7 heteroatoms. The van der Waals surface area contributed by atoms with E-state index in [-0.39, 0.29) is 29.8 Å². The molecule has 130 valence electrons. The molecular weight excluding hydrogens is 438 g/mol. The SMILES string of the molecule is CN=C(NCc1ccc(F)cc1)N1CCN(c2cccs2)CC1.I.